The SMILES string of the molecule is Cc1cc2ccsc2cc1O. The molecule has 0 saturated heterocycles. The Morgan fingerprint density at radius 1 is 1.36 bits per heavy atom. The Kier molecular flexibility index (Phi) is 1.36. The van der Waals surface area contributed by atoms with E-state index in [1.807, 2.05) is 24.4 Å². The molecule has 2 rings (SSSR count). The van der Waals surface area contributed by atoms with E-state index in [1.54, 1.807) is 11.3 Å². The molecule has 11 heavy (non-hydrogen) atoms. The van der Waals surface area contributed by atoms with Gasteiger partial charge in [0.2, 0.25) is 0 Å². The number of benzene rings is 1. The molecule has 1 N–H and O–H groups in total. The molecule has 0 aliphatic heterocycles. The average molecular weight is 164 g/mol. The summed E-state index contributed by atoms with van der Waals surface area (Å²) < 4.78 is 1.15. The van der Waals surface area contributed by atoms with Gasteiger partial charge in [0.05, 0.1) is 0 Å². The minimum absolute atomic E-state index is 0.389. The molecule has 0 amide bonds. The maximum atomic E-state index is 9.34. The van der Waals surface area contributed by atoms with E-state index in [4.69, 9.17) is 0 Å². The highest BCUT2D eigenvalue weighted by molar-refractivity contribution is 7.17. The van der Waals surface area contributed by atoms with Gasteiger partial charge in [-0.05, 0) is 41.5 Å². The Balaban J connectivity index is 2.86. The van der Waals surface area contributed by atoms with Crippen molar-refractivity contribution in [2.45, 2.75) is 6.92 Å². The van der Waals surface area contributed by atoms with Crippen LogP contribution in [0.3, 0.4) is 0 Å². The molecule has 2 heteroatoms. The van der Waals surface area contributed by atoms with Crippen LogP contribution in [0.4, 0.5) is 0 Å². The molecule has 2 aromatic rings. The zero-order valence-corrected chi connectivity index (χ0v) is 6.98. The van der Waals surface area contributed by atoms with Crippen LogP contribution >= 0.6 is 11.3 Å². The van der Waals surface area contributed by atoms with E-state index in [1.165, 1.54) is 5.39 Å². The normalized spacial score (nSPS) is 10.6. The Labute approximate surface area is 68.9 Å². The van der Waals surface area contributed by atoms with Crippen molar-refractivity contribution in [2.75, 3.05) is 0 Å². The van der Waals surface area contributed by atoms with Crippen molar-refractivity contribution in [3.05, 3.63) is 29.1 Å². The number of aryl methyl sites for hydroxylation is 1. The Bertz CT molecular complexity index is 353. The van der Waals surface area contributed by atoms with Crippen molar-refractivity contribution >= 4 is 21.4 Å². The van der Waals surface area contributed by atoms with Crippen LogP contribution in [0.2, 0.25) is 0 Å². The van der Waals surface area contributed by atoms with Gasteiger partial charge in [-0.15, -0.1) is 11.3 Å². The monoisotopic (exact) mass is 164 g/mol. The van der Waals surface area contributed by atoms with Gasteiger partial charge in [0.25, 0.3) is 0 Å². The largest absolute Gasteiger partial charge is 0.508 e. The van der Waals surface area contributed by atoms with Gasteiger partial charge in [-0.2, -0.15) is 0 Å². The molecule has 1 aromatic carbocycles. The van der Waals surface area contributed by atoms with Crippen LogP contribution in [0.15, 0.2) is 23.6 Å². The number of phenolic OH excluding ortho intramolecular Hbond substituents is 1. The van der Waals surface area contributed by atoms with Crippen LogP contribution in [-0.4, -0.2) is 5.11 Å². The minimum Gasteiger partial charge on any atom is -0.508 e. The molecule has 0 aliphatic rings. The first-order valence-corrected chi connectivity index (χ1v) is 4.32. The fraction of sp³-hybridized carbons (Fsp3) is 0.111. The molecule has 0 aliphatic carbocycles. The summed E-state index contributed by atoms with van der Waals surface area (Å²) in [7, 11) is 0. The van der Waals surface area contributed by atoms with Crippen molar-refractivity contribution in [1.29, 1.82) is 0 Å². The van der Waals surface area contributed by atoms with Crippen molar-refractivity contribution in [3.63, 3.8) is 0 Å². The highest BCUT2D eigenvalue weighted by Crippen LogP contribution is 2.27. The zero-order valence-electron chi connectivity index (χ0n) is 6.16. The number of thiophene rings is 1. The number of aromatic hydroxyl groups is 1. The second kappa shape index (κ2) is 2.24. The molecule has 0 atom stereocenters. The predicted octanol–water partition coefficient (Wildman–Crippen LogP) is 2.92. The van der Waals surface area contributed by atoms with Gasteiger partial charge >= 0.3 is 0 Å². The standard InChI is InChI=1S/C9H8OS/c1-6-4-7-2-3-11-9(7)5-8(6)10/h2-5,10H,1H3. The smallest absolute Gasteiger partial charge is 0.119 e. The fourth-order valence-electron chi connectivity index (χ4n) is 1.11. The molecule has 0 saturated carbocycles. The molecule has 0 radical (unpaired) electrons. The van der Waals surface area contributed by atoms with Gasteiger partial charge in [0.1, 0.15) is 5.75 Å². The zero-order chi connectivity index (χ0) is 7.84. The summed E-state index contributed by atoms with van der Waals surface area (Å²) in [5.41, 5.74) is 0.941. The topological polar surface area (TPSA) is 20.2 Å². The number of fused-ring (bicyclic) bond motifs is 1. The minimum atomic E-state index is 0.389. The summed E-state index contributed by atoms with van der Waals surface area (Å²) in [6.45, 7) is 1.91. The third kappa shape index (κ3) is 0.994. The maximum Gasteiger partial charge on any atom is 0.119 e. The van der Waals surface area contributed by atoms with E-state index in [0.29, 0.717) is 5.75 Å². The Hall–Kier alpha value is -1.02. The summed E-state index contributed by atoms with van der Waals surface area (Å²) >= 11 is 1.65. The van der Waals surface area contributed by atoms with Crippen LogP contribution in [-0.2, 0) is 0 Å². The first-order valence-electron chi connectivity index (χ1n) is 3.44. The Morgan fingerprint density at radius 3 is 3.00 bits per heavy atom. The molecule has 56 valence electrons. The summed E-state index contributed by atoms with van der Waals surface area (Å²) in [5.74, 6) is 0.389. The molecular formula is C9H8OS. The predicted molar refractivity (Wildman–Crippen MR) is 48.2 cm³/mol. The van der Waals surface area contributed by atoms with Crippen LogP contribution in [0.1, 0.15) is 5.56 Å². The van der Waals surface area contributed by atoms with Gasteiger partial charge in [-0.1, -0.05) is 0 Å². The van der Waals surface area contributed by atoms with E-state index in [-0.39, 0.29) is 0 Å². The first-order chi connectivity index (χ1) is 5.27. The van der Waals surface area contributed by atoms with Crippen molar-refractivity contribution < 1.29 is 5.11 Å². The second-order valence-corrected chi connectivity index (χ2v) is 3.54. The van der Waals surface area contributed by atoms with Crippen LogP contribution < -0.4 is 0 Å². The van der Waals surface area contributed by atoms with Gasteiger partial charge in [0.15, 0.2) is 0 Å². The van der Waals surface area contributed by atoms with Gasteiger partial charge in [0, 0.05) is 4.70 Å². The lowest BCUT2D eigenvalue weighted by molar-refractivity contribution is 0.472. The lowest BCUT2D eigenvalue weighted by atomic mass is 10.2. The third-order valence-electron chi connectivity index (χ3n) is 1.77. The van der Waals surface area contributed by atoms with Crippen molar-refractivity contribution in [2.24, 2.45) is 0 Å². The van der Waals surface area contributed by atoms with E-state index in [9.17, 15) is 5.11 Å². The molecule has 1 aromatic heterocycles. The van der Waals surface area contributed by atoms with Crippen molar-refractivity contribution in [1.82, 2.24) is 0 Å². The number of hydrogen-bond donors (Lipinski definition) is 1. The van der Waals surface area contributed by atoms with Crippen LogP contribution in [0, 0.1) is 6.92 Å². The second-order valence-electron chi connectivity index (χ2n) is 2.60. The lowest BCUT2D eigenvalue weighted by Crippen LogP contribution is -1.71. The average Bonchev–Trinajstić information content (AvgIpc) is 2.36. The first kappa shape index (κ1) is 6.68. The maximum absolute atomic E-state index is 9.34. The van der Waals surface area contributed by atoms with Gasteiger partial charge < -0.3 is 5.11 Å². The van der Waals surface area contributed by atoms with E-state index in [2.05, 4.69) is 6.07 Å². The lowest BCUT2D eigenvalue weighted by Gasteiger charge is -1.96. The summed E-state index contributed by atoms with van der Waals surface area (Å²) in [6, 6.07) is 5.88. The highest BCUT2D eigenvalue weighted by atomic mass is 32.1. The summed E-state index contributed by atoms with van der Waals surface area (Å²) in [4.78, 5) is 0. The van der Waals surface area contributed by atoms with Gasteiger partial charge in [-0.25, -0.2) is 0 Å². The number of rotatable bonds is 0. The van der Waals surface area contributed by atoms with Crippen molar-refractivity contribution in [3.8, 4) is 5.75 Å². The molecule has 0 spiro atoms. The molecule has 0 fully saturated rings. The summed E-state index contributed by atoms with van der Waals surface area (Å²) in [6.07, 6.45) is 0. The van der Waals surface area contributed by atoms with E-state index in [0.717, 1.165) is 10.3 Å². The highest BCUT2D eigenvalue weighted by Gasteiger charge is 1.99. The number of hydrogen-bond acceptors (Lipinski definition) is 2. The van der Waals surface area contributed by atoms with Crippen LogP contribution in [0.25, 0.3) is 10.1 Å². The van der Waals surface area contributed by atoms with Crippen LogP contribution in [0.5, 0.6) is 5.75 Å². The van der Waals surface area contributed by atoms with Gasteiger partial charge in [-0.3, -0.25) is 0 Å². The van der Waals surface area contributed by atoms with E-state index >= 15 is 0 Å². The summed E-state index contributed by atoms with van der Waals surface area (Å²) in [5, 5.41) is 12.6. The molecule has 0 unspecified atom stereocenters. The molecular weight excluding hydrogens is 156 g/mol. The molecule has 1 nitrogen and oxygen atoms in total. The molecule has 0 bridgehead atoms. The quantitative estimate of drug-likeness (QED) is 0.634. The third-order valence-corrected chi connectivity index (χ3v) is 2.65. The fourth-order valence-corrected chi connectivity index (χ4v) is 1.92. The van der Waals surface area contributed by atoms with E-state index < -0.39 is 0 Å². The molecule has 1 heterocycles. The Morgan fingerprint density at radius 2 is 2.18 bits per heavy atom. The number of phenols is 1.